The molecule has 0 saturated carbocycles. The number of benzene rings is 1. The van der Waals surface area contributed by atoms with Gasteiger partial charge < -0.3 is 24.4 Å². The maximum atomic E-state index is 11.9. The molecule has 1 saturated heterocycles. The molecule has 4 atom stereocenters. The second-order valence-electron chi connectivity index (χ2n) is 7.04. The Hall–Kier alpha value is -1.47. The Kier molecular flexibility index (Phi) is 6.34. The van der Waals surface area contributed by atoms with E-state index in [0.717, 1.165) is 5.56 Å². The van der Waals surface area contributed by atoms with Gasteiger partial charge in [-0.2, -0.15) is 0 Å². The predicted octanol–water partition coefficient (Wildman–Crippen LogP) is 1.63. The zero-order valence-electron chi connectivity index (χ0n) is 14.3. The van der Waals surface area contributed by atoms with Crippen molar-refractivity contribution in [1.82, 2.24) is 0 Å². The van der Waals surface area contributed by atoms with Crippen LogP contribution in [0.15, 0.2) is 30.3 Å². The van der Waals surface area contributed by atoms with Gasteiger partial charge in [-0.05, 0) is 26.3 Å². The highest BCUT2D eigenvalue weighted by Gasteiger charge is 2.39. The van der Waals surface area contributed by atoms with Crippen molar-refractivity contribution >= 4 is 5.97 Å². The van der Waals surface area contributed by atoms with Crippen LogP contribution in [-0.2, 0) is 25.6 Å². The number of rotatable bonds is 5. The SMILES string of the molecule is CC(C)(C)C(=O)OC[C@H]1OC(O)C[C@@H](O)[C@@H]1OCc1ccccc1. The van der Waals surface area contributed by atoms with Gasteiger partial charge in [0.25, 0.3) is 0 Å². The van der Waals surface area contributed by atoms with Gasteiger partial charge in [-0.1, -0.05) is 30.3 Å². The molecule has 1 fully saturated rings. The summed E-state index contributed by atoms with van der Waals surface area (Å²) in [5.41, 5.74) is 0.327. The quantitative estimate of drug-likeness (QED) is 0.794. The van der Waals surface area contributed by atoms with Crippen LogP contribution in [0.3, 0.4) is 0 Å². The van der Waals surface area contributed by atoms with E-state index >= 15 is 0 Å². The van der Waals surface area contributed by atoms with Crippen LogP contribution in [-0.4, -0.2) is 47.4 Å². The van der Waals surface area contributed by atoms with E-state index in [2.05, 4.69) is 0 Å². The highest BCUT2D eigenvalue weighted by Crippen LogP contribution is 2.24. The first kappa shape index (κ1) is 18.9. The van der Waals surface area contributed by atoms with Crippen LogP contribution >= 0.6 is 0 Å². The minimum Gasteiger partial charge on any atom is -0.462 e. The third kappa shape index (κ3) is 5.27. The number of aliphatic hydroxyl groups is 2. The average molecular weight is 338 g/mol. The Morgan fingerprint density at radius 3 is 2.54 bits per heavy atom. The van der Waals surface area contributed by atoms with E-state index in [1.165, 1.54) is 0 Å². The molecule has 0 spiro atoms. The number of esters is 1. The van der Waals surface area contributed by atoms with E-state index in [9.17, 15) is 15.0 Å². The van der Waals surface area contributed by atoms with Crippen LogP contribution < -0.4 is 0 Å². The van der Waals surface area contributed by atoms with Gasteiger partial charge in [-0.3, -0.25) is 4.79 Å². The van der Waals surface area contributed by atoms with Gasteiger partial charge in [0.1, 0.15) is 18.8 Å². The molecular formula is C18H26O6. The molecule has 6 heteroatoms. The van der Waals surface area contributed by atoms with Crippen molar-refractivity contribution in [2.24, 2.45) is 5.41 Å². The van der Waals surface area contributed by atoms with Crippen LogP contribution in [0.5, 0.6) is 0 Å². The topological polar surface area (TPSA) is 85.2 Å². The van der Waals surface area contributed by atoms with Crippen LogP contribution in [0, 0.1) is 5.41 Å². The molecule has 2 N–H and O–H groups in total. The zero-order valence-corrected chi connectivity index (χ0v) is 14.3. The lowest BCUT2D eigenvalue weighted by Gasteiger charge is -2.37. The molecule has 0 amide bonds. The van der Waals surface area contributed by atoms with E-state index in [0.29, 0.717) is 6.61 Å². The number of carbonyl (C=O) groups excluding carboxylic acids is 1. The van der Waals surface area contributed by atoms with Crippen molar-refractivity contribution in [3.05, 3.63) is 35.9 Å². The van der Waals surface area contributed by atoms with E-state index in [1.807, 2.05) is 30.3 Å². The molecule has 1 aliphatic rings. The second-order valence-corrected chi connectivity index (χ2v) is 7.04. The predicted molar refractivity (Wildman–Crippen MR) is 86.9 cm³/mol. The highest BCUT2D eigenvalue weighted by atomic mass is 16.6. The molecule has 0 radical (unpaired) electrons. The molecule has 2 rings (SSSR count). The normalized spacial score (nSPS) is 27.7. The minimum absolute atomic E-state index is 0.0587. The van der Waals surface area contributed by atoms with Crippen molar-refractivity contribution in [2.45, 2.75) is 58.4 Å². The van der Waals surface area contributed by atoms with Crippen molar-refractivity contribution in [3.8, 4) is 0 Å². The van der Waals surface area contributed by atoms with Crippen LogP contribution in [0.2, 0.25) is 0 Å². The largest absolute Gasteiger partial charge is 0.462 e. The van der Waals surface area contributed by atoms with Crippen LogP contribution in [0.1, 0.15) is 32.8 Å². The van der Waals surface area contributed by atoms with Crippen molar-refractivity contribution in [3.63, 3.8) is 0 Å². The monoisotopic (exact) mass is 338 g/mol. The molecule has 24 heavy (non-hydrogen) atoms. The molecule has 1 aromatic rings. The lowest BCUT2D eigenvalue weighted by atomic mass is 9.97. The molecule has 134 valence electrons. The third-order valence-electron chi connectivity index (χ3n) is 3.80. The minimum atomic E-state index is -1.10. The van der Waals surface area contributed by atoms with Crippen LogP contribution in [0.4, 0.5) is 0 Å². The summed E-state index contributed by atoms with van der Waals surface area (Å²) >= 11 is 0. The smallest absolute Gasteiger partial charge is 0.311 e. The van der Waals surface area contributed by atoms with Crippen LogP contribution in [0.25, 0.3) is 0 Å². The first-order valence-corrected chi connectivity index (χ1v) is 8.11. The van der Waals surface area contributed by atoms with E-state index < -0.39 is 30.0 Å². The second kappa shape index (κ2) is 8.07. The van der Waals surface area contributed by atoms with Gasteiger partial charge in [-0.25, -0.2) is 0 Å². The summed E-state index contributed by atoms with van der Waals surface area (Å²) < 4.78 is 16.5. The van der Waals surface area contributed by atoms with Gasteiger partial charge in [0.15, 0.2) is 6.29 Å². The van der Waals surface area contributed by atoms with Crippen molar-refractivity contribution < 1.29 is 29.2 Å². The molecular weight excluding hydrogens is 312 g/mol. The summed E-state index contributed by atoms with van der Waals surface area (Å²) in [6.07, 6.45) is -3.34. The number of carbonyl (C=O) groups is 1. The highest BCUT2D eigenvalue weighted by molar-refractivity contribution is 5.75. The zero-order chi connectivity index (χ0) is 17.7. The molecule has 6 nitrogen and oxygen atoms in total. The van der Waals surface area contributed by atoms with E-state index in [1.54, 1.807) is 20.8 Å². The molecule has 0 aliphatic carbocycles. The summed E-state index contributed by atoms with van der Waals surface area (Å²) in [5, 5.41) is 19.9. The van der Waals surface area contributed by atoms with Crippen molar-refractivity contribution in [1.29, 1.82) is 0 Å². The molecule has 1 aromatic carbocycles. The summed E-state index contributed by atoms with van der Waals surface area (Å²) in [7, 11) is 0. The first-order valence-electron chi connectivity index (χ1n) is 8.11. The summed E-state index contributed by atoms with van der Waals surface area (Å²) in [4.78, 5) is 11.9. The summed E-state index contributed by atoms with van der Waals surface area (Å²) in [5.74, 6) is -0.373. The molecule has 1 heterocycles. The first-order chi connectivity index (χ1) is 11.3. The Labute approximate surface area is 142 Å². The number of aliphatic hydroxyl groups excluding tert-OH is 2. The summed E-state index contributed by atoms with van der Waals surface area (Å²) in [6.45, 7) is 5.48. The third-order valence-corrected chi connectivity index (χ3v) is 3.80. The Morgan fingerprint density at radius 2 is 1.92 bits per heavy atom. The van der Waals surface area contributed by atoms with Gasteiger partial charge in [0, 0.05) is 6.42 Å². The van der Waals surface area contributed by atoms with Gasteiger partial charge in [-0.15, -0.1) is 0 Å². The Morgan fingerprint density at radius 1 is 1.25 bits per heavy atom. The fraction of sp³-hybridized carbons (Fsp3) is 0.611. The van der Waals surface area contributed by atoms with E-state index in [4.69, 9.17) is 14.2 Å². The fourth-order valence-electron chi connectivity index (χ4n) is 2.42. The van der Waals surface area contributed by atoms with Gasteiger partial charge in [0.05, 0.1) is 18.1 Å². The Balaban J connectivity index is 1.97. The average Bonchev–Trinajstić information content (AvgIpc) is 2.51. The lowest BCUT2D eigenvalue weighted by molar-refractivity contribution is -0.255. The Bertz CT molecular complexity index is 524. The van der Waals surface area contributed by atoms with Gasteiger partial charge in [0.2, 0.25) is 0 Å². The standard InChI is InChI=1S/C18H26O6/c1-18(2,3)17(21)23-11-14-16(13(19)9-15(20)24-14)22-10-12-7-5-4-6-8-12/h4-8,13-16,19-20H,9-11H2,1-3H3/t13-,14-,15?,16+/m1/s1. The molecule has 1 aliphatic heterocycles. The maximum Gasteiger partial charge on any atom is 0.311 e. The summed E-state index contributed by atoms with van der Waals surface area (Å²) in [6, 6.07) is 9.55. The fourth-order valence-corrected chi connectivity index (χ4v) is 2.42. The molecule has 0 bridgehead atoms. The lowest BCUT2D eigenvalue weighted by Crippen LogP contribution is -2.52. The van der Waals surface area contributed by atoms with Gasteiger partial charge >= 0.3 is 5.97 Å². The molecule has 1 unspecified atom stereocenters. The number of hydrogen-bond donors (Lipinski definition) is 2. The number of hydrogen-bond acceptors (Lipinski definition) is 6. The molecule has 0 aromatic heterocycles. The van der Waals surface area contributed by atoms with E-state index in [-0.39, 0.29) is 19.0 Å². The number of ether oxygens (including phenoxy) is 3. The van der Waals surface area contributed by atoms with Crippen molar-refractivity contribution in [2.75, 3.05) is 6.61 Å². The maximum absolute atomic E-state index is 11.9.